The first-order valence-electron chi connectivity index (χ1n) is 5.93. The number of esters is 1. The standard InChI is InChI=1S/C13H19O2PS/c1-4-15-13(14)11-7-9-12(10-8-11)16(17,5-2)6-3/h7-10H,4-6H2,1-3H3. The first kappa shape index (κ1) is 14.4. The summed E-state index contributed by atoms with van der Waals surface area (Å²) in [6.45, 7) is 6.50. The van der Waals surface area contributed by atoms with Gasteiger partial charge in [-0.05, 0) is 42.7 Å². The van der Waals surface area contributed by atoms with Crippen LogP contribution >= 0.6 is 6.04 Å². The van der Waals surface area contributed by atoms with Crippen LogP contribution < -0.4 is 5.30 Å². The Bertz CT molecular complexity index is 418. The van der Waals surface area contributed by atoms with Gasteiger partial charge in [-0.25, -0.2) is 4.79 Å². The summed E-state index contributed by atoms with van der Waals surface area (Å²) in [5.74, 6) is -0.264. The fourth-order valence-electron chi connectivity index (χ4n) is 1.67. The van der Waals surface area contributed by atoms with Gasteiger partial charge in [-0.1, -0.05) is 37.8 Å². The summed E-state index contributed by atoms with van der Waals surface area (Å²) in [7, 11) is 0. The maximum absolute atomic E-state index is 11.5. The highest BCUT2D eigenvalue weighted by Crippen LogP contribution is 2.43. The van der Waals surface area contributed by atoms with E-state index in [0.717, 1.165) is 12.3 Å². The van der Waals surface area contributed by atoms with Crippen LogP contribution in [0.1, 0.15) is 31.1 Å². The van der Waals surface area contributed by atoms with E-state index in [9.17, 15) is 4.79 Å². The molecular weight excluding hydrogens is 251 g/mol. The third-order valence-electron chi connectivity index (χ3n) is 2.87. The second-order valence-corrected chi connectivity index (χ2v) is 9.45. The highest BCUT2D eigenvalue weighted by molar-refractivity contribution is 8.18. The van der Waals surface area contributed by atoms with Gasteiger partial charge in [0.15, 0.2) is 0 Å². The molecular formula is C13H19O2PS. The van der Waals surface area contributed by atoms with Crippen molar-refractivity contribution in [2.45, 2.75) is 20.8 Å². The zero-order valence-electron chi connectivity index (χ0n) is 10.6. The molecule has 0 saturated heterocycles. The van der Waals surface area contributed by atoms with E-state index in [1.165, 1.54) is 5.30 Å². The van der Waals surface area contributed by atoms with Crippen molar-refractivity contribution in [3.8, 4) is 0 Å². The molecule has 0 aliphatic heterocycles. The van der Waals surface area contributed by atoms with Crippen molar-refractivity contribution in [1.82, 2.24) is 0 Å². The predicted molar refractivity (Wildman–Crippen MR) is 77.4 cm³/mol. The van der Waals surface area contributed by atoms with Crippen molar-refractivity contribution >= 4 is 29.1 Å². The topological polar surface area (TPSA) is 26.3 Å². The molecule has 0 bridgehead atoms. The van der Waals surface area contributed by atoms with Gasteiger partial charge in [-0.3, -0.25) is 0 Å². The minimum absolute atomic E-state index is 0.264. The maximum atomic E-state index is 11.5. The van der Waals surface area contributed by atoms with Crippen LogP contribution in [-0.2, 0) is 16.5 Å². The van der Waals surface area contributed by atoms with Crippen molar-refractivity contribution < 1.29 is 9.53 Å². The van der Waals surface area contributed by atoms with Crippen LogP contribution in [0.4, 0.5) is 0 Å². The van der Waals surface area contributed by atoms with Crippen LogP contribution in [0.3, 0.4) is 0 Å². The lowest BCUT2D eigenvalue weighted by Crippen LogP contribution is -2.10. The first-order valence-corrected chi connectivity index (χ1v) is 9.10. The minimum atomic E-state index is -1.42. The molecule has 0 amide bonds. The molecule has 0 atom stereocenters. The van der Waals surface area contributed by atoms with Crippen molar-refractivity contribution in [2.75, 3.05) is 18.9 Å². The highest BCUT2D eigenvalue weighted by Gasteiger charge is 2.15. The lowest BCUT2D eigenvalue weighted by Gasteiger charge is -2.18. The van der Waals surface area contributed by atoms with E-state index in [1.54, 1.807) is 6.92 Å². The average molecular weight is 270 g/mol. The van der Waals surface area contributed by atoms with Crippen molar-refractivity contribution in [3.63, 3.8) is 0 Å². The predicted octanol–water partition coefficient (Wildman–Crippen LogP) is 3.01. The van der Waals surface area contributed by atoms with E-state index in [-0.39, 0.29) is 5.97 Å². The molecule has 0 spiro atoms. The van der Waals surface area contributed by atoms with E-state index in [1.807, 2.05) is 24.3 Å². The summed E-state index contributed by atoms with van der Waals surface area (Å²) >= 11 is 5.73. The molecule has 2 nitrogen and oxygen atoms in total. The summed E-state index contributed by atoms with van der Waals surface area (Å²) in [5.41, 5.74) is 0.601. The highest BCUT2D eigenvalue weighted by atomic mass is 32.4. The van der Waals surface area contributed by atoms with Gasteiger partial charge in [0, 0.05) is 0 Å². The molecule has 17 heavy (non-hydrogen) atoms. The molecule has 0 heterocycles. The molecule has 0 aliphatic rings. The van der Waals surface area contributed by atoms with Gasteiger partial charge in [0.1, 0.15) is 0 Å². The number of hydrogen-bond acceptors (Lipinski definition) is 3. The zero-order valence-corrected chi connectivity index (χ0v) is 12.3. The average Bonchev–Trinajstić information content (AvgIpc) is 2.38. The molecule has 4 heteroatoms. The van der Waals surface area contributed by atoms with Crippen molar-refractivity contribution in [1.29, 1.82) is 0 Å². The number of carbonyl (C=O) groups excluding carboxylic acids is 1. The Balaban J connectivity index is 2.95. The van der Waals surface area contributed by atoms with Gasteiger partial charge in [-0.15, -0.1) is 0 Å². The lowest BCUT2D eigenvalue weighted by molar-refractivity contribution is 0.0526. The van der Waals surface area contributed by atoms with Crippen LogP contribution in [0.15, 0.2) is 24.3 Å². The summed E-state index contributed by atoms with van der Waals surface area (Å²) < 4.78 is 4.95. The third kappa shape index (κ3) is 3.40. The van der Waals surface area contributed by atoms with Gasteiger partial charge >= 0.3 is 5.97 Å². The molecule has 94 valence electrons. The van der Waals surface area contributed by atoms with E-state index < -0.39 is 6.04 Å². The SMILES string of the molecule is CCOC(=O)c1ccc(P(=S)(CC)CC)cc1. The third-order valence-corrected chi connectivity index (χ3v) is 8.33. The number of carbonyl (C=O) groups is 1. The zero-order chi connectivity index (χ0) is 12.9. The number of ether oxygens (including phenoxy) is 1. The lowest BCUT2D eigenvalue weighted by atomic mass is 10.2. The van der Waals surface area contributed by atoms with Gasteiger partial charge in [0.05, 0.1) is 12.2 Å². The molecule has 0 aromatic heterocycles. The van der Waals surface area contributed by atoms with E-state index in [2.05, 4.69) is 13.8 Å². The molecule has 0 N–H and O–H groups in total. The van der Waals surface area contributed by atoms with Crippen LogP contribution in [-0.4, -0.2) is 24.9 Å². The number of hydrogen-bond donors (Lipinski definition) is 0. The molecule has 1 aromatic rings. The van der Waals surface area contributed by atoms with E-state index in [4.69, 9.17) is 16.5 Å². The van der Waals surface area contributed by atoms with Gasteiger partial charge in [-0.2, -0.15) is 0 Å². The Kier molecular flexibility index (Phi) is 5.35. The molecule has 0 unspecified atom stereocenters. The second-order valence-electron chi connectivity index (χ2n) is 3.79. The van der Waals surface area contributed by atoms with E-state index >= 15 is 0 Å². The fourth-order valence-corrected chi connectivity index (χ4v) is 3.91. The summed E-state index contributed by atoms with van der Waals surface area (Å²) in [6.07, 6.45) is 2.05. The summed E-state index contributed by atoms with van der Waals surface area (Å²) in [5, 5.41) is 1.21. The van der Waals surface area contributed by atoms with Gasteiger partial charge in [0.2, 0.25) is 0 Å². The van der Waals surface area contributed by atoms with Gasteiger partial charge < -0.3 is 4.74 Å². The Morgan fingerprint density at radius 1 is 1.18 bits per heavy atom. The Morgan fingerprint density at radius 3 is 2.12 bits per heavy atom. The maximum Gasteiger partial charge on any atom is 0.338 e. The Morgan fingerprint density at radius 2 is 1.71 bits per heavy atom. The fraction of sp³-hybridized carbons (Fsp3) is 0.462. The Labute approximate surface area is 108 Å². The molecule has 0 saturated carbocycles. The summed E-state index contributed by atoms with van der Waals surface area (Å²) in [6, 6.07) is 6.19. The molecule has 0 radical (unpaired) electrons. The smallest absolute Gasteiger partial charge is 0.338 e. The van der Waals surface area contributed by atoms with Crippen molar-refractivity contribution in [3.05, 3.63) is 29.8 Å². The van der Waals surface area contributed by atoms with Crippen LogP contribution in [0.25, 0.3) is 0 Å². The quantitative estimate of drug-likeness (QED) is 0.608. The molecule has 1 rings (SSSR count). The van der Waals surface area contributed by atoms with E-state index in [0.29, 0.717) is 12.2 Å². The number of benzene rings is 1. The number of rotatable bonds is 5. The largest absolute Gasteiger partial charge is 0.462 e. The van der Waals surface area contributed by atoms with Crippen LogP contribution in [0, 0.1) is 0 Å². The second kappa shape index (κ2) is 6.32. The Hall–Kier alpha value is -0.660. The first-order chi connectivity index (χ1) is 8.07. The molecule has 1 aromatic carbocycles. The van der Waals surface area contributed by atoms with Gasteiger partial charge in [0.25, 0.3) is 0 Å². The van der Waals surface area contributed by atoms with Crippen LogP contribution in [0.2, 0.25) is 0 Å². The summed E-state index contributed by atoms with van der Waals surface area (Å²) in [4.78, 5) is 11.5. The monoisotopic (exact) mass is 270 g/mol. The molecule has 0 fully saturated rings. The normalized spacial score (nSPS) is 11.2. The minimum Gasteiger partial charge on any atom is -0.462 e. The molecule has 0 aliphatic carbocycles. The van der Waals surface area contributed by atoms with Crippen LogP contribution in [0.5, 0.6) is 0 Å². The van der Waals surface area contributed by atoms with Crippen molar-refractivity contribution in [2.24, 2.45) is 0 Å².